The molecule has 0 unspecified atom stereocenters. The third kappa shape index (κ3) is 56.2. The van der Waals surface area contributed by atoms with Crippen LogP contribution < -0.4 is 0 Å². The van der Waals surface area contributed by atoms with Crippen LogP contribution >= 0.6 is 15.6 Å². The Kier molecular flexibility index (Phi) is 14.4. The van der Waals surface area contributed by atoms with Crippen molar-refractivity contribution in [2.45, 2.75) is 0 Å². The van der Waals surface area contributed by atoms with Gasteiger partial charge in [-0.05, 0) is 12.1 Å². The van der Waals surface area contributed by atoms with Crippen molar-refractivity contribution in [3.63, 3.8) is 0 Å². The smallest absolute Gasteiger partial charge is 0.358 e. The second-order valence-corrected chi connectivity index (χ2v) is 7.42. The van der Waals surface area contributed by atoms with Crippen LogP contribution in [0.4, 0.5) is 50.4 Å². The van der Waals surface area contributed by atoms with Crippen LogP contribution in [0.3, 0.4) is 0 Å². The number of halogens is 12. The zero-order chi connectivity index (χ0) is 18.9. The molecule has 0 aliphatic heterocycles. The van der Waals surface area contributed by atoms with E-state index < -0.39 is 15.6 Å². The maximum absolute atomic E-state index is 10.7. The first kappa shape index (κ1) is 41.9. The number of aromatic nitrogens is 4. The first-order valence-electron chi connectivity index (χ1n) is 4.61. The number of nitrogens with zero attached hydrogens (tertiary/aromatic N) is 3. The Labute approximate surface area is 176 Å². The number of hydrogen-bond donors (Lipinski definition) is 1. The number of fused-ring (bicyclic) bond motifs is 1. The van der Waals surface area contributed by atoms with Crippen molar-refractivity contribution in [3.05, 3.63) is 48.0 Å². The van der Waals surface area contributed by atoms with Gasteiger partial charge in [-0.25, -0.2) is 4.98 Å². The molecule has 2 heterocycles. The van der Waals surface area contributed by atoms with Crippen molar-refractivity contribution < 1.29 is 81.5 Å². The molecule has 0 fully saturated rings. The van der Waals surface area contributed by atoms with E-state index in [2.05, 4.69) is 20.4 Å². The molecule has 2 aromatic heterocycles. The van der Waals surface area contributed by atoms with E-state index in [1.165, 1.54) is 0 Å². The largest absolute Gasteiger partial charge is 2.00 e. The van der Waals surface area contributed by atoms with E-state index in [1.807, 2.05) is 12.1 Å². The molecule has 174 valence electrons. The van der Waals surface area contributed by atoms with Crippen LogP contribution in [0.5, 0.6) is 0 Å². The predicted molar refractivity (Wildman–Crippen MR) is 84.5 cm³/mol. The summed E-state index contributed by atoms with van der Waals surface area (Å²) in [7, 11) is -21.3. The minimum Gasteiger partial charge on any atom is -0.358 e. The van der Waals surface area contributed by atoms with Gasteiger partial charge in [0, 0.05) is 6.20 Å². The molecule has 0 saturated carbocycles. The van der Waals surface area contributed by atoms with Crippen molar-refractivity contribution in [1.29, 1.82) is 0 Å². The van der Waals surface area contributed by atoms with Gasteiger partial charge in [0.1, 0.15) is 5.52 Å². The molecule has 0 bridgehead atoms. The molecule has 2 aromatic rings. The van der Waals surface area contributed by atoms with Crippen LogP contribution in [0.1, 0.15) is 0 Å². The summed E-state index contributed by atoms with van der Waals surface area (Å²) in [5.41, 5.74) is 1.47. The van der Waals surface area contributed by atoms with Gasteiger partial charge >= 0.3 is 97.1 Å². The van der Waals surface area contributed by atoms with Gasteiger partial charge in [-0.3, -0.25) is 0 Å². The van der Waals surface area contributed by atoms with Gasteiger partial charge in [-0.1, -0.05) is 0 Å². The third-order valence-corrected chi connectivity index (χ3v) is 1.09. The van der Waals surface area contributed by atoms with Crippen LogP contribution in [0.2, 0.25) is 0 Å². The first-order valence-corrected chi connectivity index (χ1v) is 8.67. The van der Waals surface area contributed by atoms with Crippen molar-refractivity contribution in [1.82, 2.24) is 20.4 Å². The van der Waals surface area contributed by atoms with Crippen LogP contribution in [0.25, 0.3) is 11.2 Å². The van der Waals surface area contributed by atoms with Crippen molar-refractivity contribution >= 4 is 26.8 Å². The van der Waals surface area contributed by atoms with Crippen LogP contribution in [0, 0.1) is 60.8 Å². The molecule has 0 aliphatic rings. The SMILES string of the molecule is F[P-](F)(F)(F)(F)F.F[P-](F)(F)(F)(F)F.[CH3-].[CH3-].[CH3-].[CH3-].[U+2].c1cnc2n[nH]nc2c1. The summed E-state index contributed by atoms with van der Waals surface area (Å²) in [6.07, 6.45) is 1.69. The van der Waals surface area contributed by atoms with Crippen molar-refractivity contribution in [2.75, 3.05) is 0 Å². The minimum atomic E-state index is -10.7. The molecule has 0 amide bonds. The zero-order valence-electron chi connectivity index (χ0n) is 14.5. The summed E-state index contributed by atoms with van der Waals surface area (Å²) in [6, 6.07) is 3.68. The maximum atomic E-state index is 9.87. The summed E-state index contributed by atoms with van der Waals surface area (Å²) in [5, 5.41) is 10.1. The molecule has 0 saturated heterocycles. The van der Waals surface area contributed by atoms with Gasteiger partial charge < -0.3 is 29.7 Å². The van der Waals surface area contributed by atoms with E-state index in [0.717, 1.165) is 5.52 Å². The Morgan fingerprint density at radius 1 is 0.643 bits per heavy atom. The van der Waals surface area contributed by atoms with Gasteiger partial charge in [0.25, 0.3) is 0 Å². The fourth-order valence-electron chi connectivity index (χ4n) is 0.688. The van der Waals surface area contributed by atoms with Gasteiger partial charge in [-0.2, -0.15) is 10.3 Å². The van der Waals surface area contributed by atoms with Crippen LogP contribution in [-0.4, -0.2) is 20.4 Å². The zero-order valence-corrected chi connectivity index (χ0v) is 20.5. The minimum absolute atomic E-state index is 0. The number of hydrogen-bond acceptors (Lipinski definition) is 3. The molecule has 1 N–H and O–H groups in total. The van der Waals surface area contributed by atoms with Gasteiger partial charge in [0.15, 0.2) is 0 Å². The Balaban J connectivity index is -0.0000000604. The Bertz CT molecular complexity index is 600. The van der Waals surface area contributed by atoms with Gasteiger partial charge in [-0.15, -0.1) is 5.10 Å². The number of rotatable bonds is 0. The molecule has 2 rings (SSSR count). The van der Waals surface area contributed by atoms with Crippen LogP contribution in [-0.2, 0) is 0 Å². The molecule has 0 spiro atoms. The molecular formula is C9H16F12N4P2U-4. The van der Waals surface area contributed by atoms with E-state index in [9.17, 15) is 50.4 Å². The molecule has 0 aliphatic carbocycles. The van der Waals surface area contributed by atoms with Crippen molar-refractivity contribution in [3.8, 4) is 0 Å². The van der Waals surface area contributed by atoms with Gasteiger partial charge in [0.2, 0.25) is 5.65 Å². The molecule has 0 aromatic carbocycles. The monoisotopic (exact) mass is 708 g/mol. The second-order valence-electron chi connectivity index (χ2n) is 3.59. The fourth-order valence-corrected chi connectivity index (χ4v) is 0.688. The third-order valence-electron chi connectivity index (χ3n) is 1.09. The van der Waals surface area contributed by atoms with E-state index in [0.29, 0.717) is 5.65 Å². The Morgan fingerprint density at radius 2 is 0.964 bits per heavy atom. The van der Waals surface area contributed by atoms with E-state index in [4.69, 9.17) is 0 Å². The Hall–Kier alpha value is -0.378. The summed E-state index contributed by atoms with van der Waals surface area (Å²) in [4.78, 5) is 3.94. The molecule has 0 radical (unpaired) electrons. The fraction of sp³-hybridized carbons (Fsp3) is 0. The topological polar surface area (TPSA) is 54.5 Å². The summed E-state index contributed by atoms with van der Waals surface area (Å²) in [5.74, 6) is 0. The maximum Gasteiger partial charge on any atom is 2.00 e. The number of nitrogens with one attached hydrogen (secondary N) is 1. The molecule has 4 nitrogen and oxygen atoms in total. The predicted octanol–water partition coefficient (Wildman–Crippen LogP) is 8.92. The number of aromatic amines is 1. The average molecular weight is 708 g/mol. The molecule has 19 heteroatoms. The van der Waals surface area contributed by atoms with E-state index in [-0.39, 0.29) is 60.8 Å². The second kappa shape index (κ2) is 9.62. The number of pyridine rings is 1. The summed E-state index contributed by atoms with van der Waals surface area (Å²) >= 11 is 0. The quantitative estimate of drug-likeness (QED) is 0.169. The van der Waals surface area contributed by atoms with Gasteiger partial charge in [0.05, 0.1) is 0 Å². The standard InChI is InChI=1S/C5H4N4.4CH3.2F6P.U/c1-2-4-5(6-3-1)8-9-7-4;;;;;2*1-7(2,3,4,5)6;/h1-3H,(H,6,7,8,9);4*1H3;;;/q;6*-1;+2. The molecular weight excluding hydrogens is 692 g/mol. The first-order chi connectivity index (χ1) is 9.37. The summed E-state index contributed by atoms with van der Waals surface area (Å²) in [6.45, 7) is 0. The normalized spacial score (nSPS) is 14.9. The number of H-pyrrole nitrogens is 1. The van der Waals surface area contributed by atoms with Crippen LogP contribution in [0.15, 0.2) is 18.3 Å². The van der Waals surface area contributed by atoms with E-state index in [1.54, 1.807) is 6.20 Å². The molecule has 28 heavy (non-hydrogen) atoms. The average Bonchev–Trinajstić information content (AvgIpc) is 2.53. The molecule has 0 atom stereocenters. The van der Waals surface area contributed by atoms with E-state index >= 15 is 0 Å². The Morgan fingerprint density at radius 3 is 1.25 bits per heavy atom. The summed E-state index contributed by atoms with van der Waals surface area (Å²) < 4.78 is 118. The van der Waals surface area contributed by atoms with Crippen molar-refractivity contribution in [2.24, 2.45) is 0 Å².